The molecule has 0 bridgehead atoms. The highest BCUT2D eigenvalue weighted by molar-refractivity contribution is 6.36. The number of halogens is 2. The van der Waals surface area contributed by atoms with Crippen molar-refractivity contribution in [2.45, 2.75) is 12.5 Å². The molecule has 1 aromatic carbocycles. The van der Waals surface area contributed by atoms with E-state index in [-0.39, 0.29) is 6.04 Å². The summed E-state index contributed by atoms with van der Waals surface area (Å²) in [6.07, 6.45) is 1.00. The summed E-state index contributed by atoms with van der Waals surface area (Å²) < 4.78 is 0. The predicted molar refractivity (Wildman–Crippen MR) is 78.8 cm³/mol. The Kier molecular flexibility index (Phi) is 3.39. The maximum absolute atomic E-state index is 6.19. The average molecular weight is 297 g/mol. The number of rotatable bonds is 2. The van der Waals surface area contributed by atoms with Gasteiger partial charge >= 0.3 is 0 Å². The van der Waals surface area contributed by atoms with E-state index in [4.69, 9.17) is 28.9 Å². The lowest BCUT2D eigenvalue weighted by molar-refractivity contribution is 0.751. The number of nitrogens with two attached hydrogens (primary N) is 1. The number of H-pyrrole nitrogens is 1. The van der Waals surface area contributed by atoms with Crippen LogP contribution >= 0.6 is 23.2 Å². The quantitative estimate of drug-likeness (QED) is 0.896. The smallest absolute Gasteiger partial charge is 0.151 e. The van der Waals surface area contributed by atoms with Crippen LogP contribution in [0.1, 0.15) is 6.42 Å². The van der Waals surface area contributed by atoms with Gasteiger partial charge in [-0.15, -0.1) is 0 Å². The van der Waals surface area contributed by atoms with Crippen LogP contribution < -0.4 is 10.6 Å². The molecule has 1 aliphatic heterocycles. The summed E-state index contributed by atoms with van der Waals surface area (Å²) in [5.74, 6) is 0.911. The molecule has 1 unspecified atom stereocenters. The van der Waals surface area contributed by atoms with Crippen molar-refractivity contribution in [2.24, 2.45) is 5.73 Å². The summed E-state index contributed by atoms with van der Waals surface area (Å²) in [5, 5.41) is 8.58. The SMILES string of the molecule is NC1CCN(c2cc(-c3ccc(Cl)cc3Cl)[nH]n2)C1. The zero-order chi connectivity index (χ0) is 13.4. The third-order valence-corrected chi connectivity index (χ3v) is 3.88. The van der Waals surface area contributed by atoms with Crippen molar-refractivity contribution in [3.8, 4) is 11.3 Å². The van der Waals surface area contributed by atoms with Crippen LogP contribution in [0.15, 0.2) is 24.3 Å². The zero-order valence-corrected chi connectivity index (χ0v) is 11.7. The maximum atomic E-state index is 6.19. The van der Waals surface area contributed by atoms with Crippen molar-refractivity contribution in [3.05, 3.63) is 34.3 Å². The van der Waals surface area contributed by atoms with E-state index in [0.29, 0.717) is 10.0 Å². The van der Waals surface area contributed by atoms with Gasteiger partial charge in [-0.3, -0.25) is 5.10 Å². The van der Waals surface area contributed by atoms with Crippen LogP contribution in [0.25, 0.3) is 11.3 Å². The summed E-state index contributed by atoms with van der Waals surface area (Å²) in [4.78, 5) is 2.18. The van der Waals surface area contributed by atoms with Gasteiger partial charge in [0.05, 0.1) is 10.7 Å². The standard InChI is InChI=1S/C13H14Cl2N4/c14-8-1-2-10(11(15)5-8)12-6-13(18-17-12)19-4-3-9(16)7-19/h1-2,5-6,9H,3-4,7,16H2,(H,17,18). The Morgan fingerprint density at radius 3 is 2.84 bits per heavy atom. The van der Waals surface area contributed by atoms with E-state index in [1.165, 1.54) is 0 Å². The minimum absolute atomic E-state index is 0.235. The van der Waals surface area contributed by atoms with Gasteiger partial charge in [-0.1, -0.05) is 23.2 Å². The van der Waals surface area contributed by atoms with Crippen LogP contribution in [0.2, 0.25) is 10.0 Å². The highest BCUT2D eigenvalue weighted by Gasteiger charge is 2.21. The largest absolute Gasteiger partial charge is 0.354 e. The Balaban J connectivity index is 1.88. The molecule has 1 fully saturated rings. The minimum atomic E-state index is 0.235. The zero-order valence-electron chi connectivity index (χ0n) is 10.2. The molecule has 0 spiro atoms. The molecule has 2 heterocycles. The van der Waals surface area contributed by atoms with Gasteiger partial charge in [0.1, 0.15) is 0 Å². The van der Waals surface area contributed by atoms with E-state index in [0.717, 1.165) is 36.6 Å². The van der Waals surface area contributed by atoms with E-state index in [2.05, 4.69) is 15.1 Å². The van der Waals surface area contributed by atoms with Gasteiger partial charge in [0.2, 0.25) is 0 Å². The van der Waals surface area contributed by atoms with Gasteiger partial charge in [0, 0.05) is 35.8 Å². The fourth-order valence-corrected chi connectivity index (χ4v) is 2.82. The van der Waals surface area contributed by atoms with Crippen molar-refractivity contribution < 1.29 is 0 Å². The van der Waals surface area contributed by atoms with Gasteiger partial charge in [-0.05, 0) is 24.6 Å². The van der Waals surface area contributed by atoms with Gasteiger partial charge in [0.25, 0.3) is 0 Å². The number of benzene rings is 1. The molecular weight excluding hydrogens is 283 g/mol. The number of hydrogen-bond acceptors (Lipinski definition) is 3. The molecule has 4 nitrogen and oxygen atoms in total. The summed E-state index contributed by atoms with van der Waals surface area (Å²) in [7, 11) is 0. The Morgan fingerprint density at radius 2 is 2.16 bits per heavy atom. The van der Waals surface area contributed by atoms with Crippen LogP contribution in [-0.2, 0) is 0 Å². The molecule has 1 aliphatic rings. The van der Waals surface area contributed by atoms with E-state index >= 15 is 0 Å². The molecule has 0 aliphatic carbocycles. The van der Waals surface area contributed by atoms with E-state index in [1.54, 1.807) is 6.07 Å². The maximum Gasteiger partial charge on any atom is 0.151 e. The number of aromatic amines is 1. The lowest BCUT2D eigenvalue weighted by atomic mass is 10.1. The van der Waals surface area contributed by atoms with Crippen molar-refractivity contribution >= 4 is 29.0 Å². The van der Waals surface area contributed by atoms with E-state index < -0.39 is 0 Å². The lowest BCUT2D eigenvalue weighted by Crippen LogP contribution is -2.26. The molecule has 0 saturated carbocycles. The molecule has 19 heavy (non-hydrogen) atoms. The molecule has 6 heteroatoms. The highest BCUT2D eigenvalue weighted by Crippen LogP contribution is 2.31. The third-order valence-electron chi connectivity index (χ3n) is 3.33. The molecule has 1 aromatic heterocycles. The number of hydrogen-bond donors (Lipinski definition) is 2. The third kappa shape index (κ3) is 2.56. The molecule has 100 valence electrons. The second kappa shape index (κ2) is 5.04. The summed E-state index contributed by atoms with van der Waals surface area (Å²) in [6, 6.07) is 7.66. The Bertz CT molecular complexity index is 596. The highest BCUT2D eigenvalue weighted by atomic mass is 35.5. The second-order valence-corrected chi connectivity index (χ2v) is 5.60. The van der Waals surface area contributed by atoms with Crippen LogP contribution in [-0.4, -0.2) is 29.3 Å². The van der Waals surface area contributed by atoms with Crippen molar-refractivity contribution in [3.63, 3.8) is 0 Å². The van der Waals surface area contributed by atoms with E-state index in [9.17, 15) is 0 Å². The first-order chi connectivity index (χ1) is 9.13. The fraction of sp³-hybridized carbons (Fsp3) is 0.308. The van der Waals surface area contributed by atoms with Crippen molar-refractivity contribution in [1.29, 1.82) is 0 Å². The van der Waals surface area contributed by atoms with Crippen molar-refractivity contribution in [2.75, 3.05) is 18.0 Å². The average Bonchev–Trinajstić information content (AvgIpc) is 2.97. The second-order valence-electron chi connectivity index (χ2n) is 4.76. The van der Waals surface area contributed by atoms with Crippen molar-refractivity contribution in [1.82, 2.24) is 10.2 Å². The lowest BCUT2D eigenvalue weighted by Gasteiger charge is -2.13. The number of nitrogens with zero attached hydrogens (tertiary/aromatic N) is 2. The topological polar surface area (TPSA) is 57.9 Å². The molecule has 0 amide bonds. The molecular formula is C13H14Cl2N4. The molecule has 1 atom stereocenters. The number of anilines is 1. The first-order valence-electron chi connectivity index (χ1n) is 6.15. The minimum Gasteiger partial charge on any atom is -0.354 e. The molecule has 0 radical (unpaired) electrons. The van der Waals surface area contributed by atoms with Crippen LogP contribution in [0.4, 0.5) is 5.82 Å². The number of aromatic nitrogens is 2. The van der Waals surface area contributed by atoms with Crippen LogP contribution in [0.3, 0.4) is 0 Å². The molecule has 3 N–H and O–H groups in total. The van der Waals surface area contributed by atoms with Crippen LogP contribution in [0.5, 0.6) is 0 Å². The number of nitrogens with one attached hydrogen (secondary N) is 1. The Labute approximate surface area is 121 Å². The first kappa shape index (κ1) is 12.8. The van der Waals surface area contributed by atoms with Gasteiger partial charge in [-0.2, -0.15) is 5.10 Å². The summed E-state index contributed by atoms with van der Waals surface area (Å²) in [5.41, 5.74) is 7.69. The van der Waals surface area contributed by atoms with Crippen LogP contribution in [0, 0.1) is 0 Å². The van der Waals surface area contributed by atoms with Gasteiger partial charge in [0.15, 0.2) is 5.82 Å². The fourth-order valence-electron chi connectivity index (χ4n) is 2.31. The summed E-state index contributed by atoms with van der Waals surface area (Å²) in [6.45, 7) is 1.79. The molecule has 2 aromatic rings. The Hall–Kier alpha value is -1.23. The monoisotopic (exact) mass is 296 g/mol. The molecule has 1 saturated heterocycles. The van der Waals surface area contributed by atoms with Gasteiger partial charge in [-0.25, -0.2) is 0 Å². The normalized spacial score (nSPS) is 19.1. The van der Waals surface area contributed by atoms with Gasteiger partial charge < -0.3 is 10.6 Å². The first-order valence-corrected chi connectivity index (χ1v) is 6.90. The Morgan fingerprint density at radius 1 is 1.32 bits per heavy atom. The van der Waals surface area contributed by atoms with E-state index in [1.807, 2.05) is 18.2 Å². The predicted octanol–water partition coefficient (Wildman–Crippen LogP) is 2.92. The molecule has 3 rings (SSSR count). The summed E-state index contributed by atoms with van der Waals surface area (Å²) >= 11 is 12.1.